The molecule has 102 valence electrons. The molecule has 1 heterocycles. The molecular weight excluding hydrogens is 270 g/mol. The highest BCUT2D eigenvalue weighted by Crippen LogP contribution is 2.36. The maximum Gasteiger partial charge on any atom is 0.249 e. The van der Waals surface area contributed by atoms with Crippen molar-refractivity contribution < 1.29 is 4.79 Å². The number of hydrogen-bond acceptors (Lipinski definition) is 1. The number of rotatable bonds is 1. The number of aryl methyl sites for hydroxylation is 2. The van der Waals surface area contributed by atoms with Crippen LogP contribution in [0, 0.1) is 0 Å². The Morgan fingerprint density at radius 1 is 1.00 bits per heavy atom. The average molecular weight is 286 g/mol. The molecule has 1 aliphatic heterocycles. The third kappa shape index (κ3) is 2.20. The van der Waals surface area contributed by atoms with Crippen molar-refractivity contribution in [3.63, 3.8) is 0 Å². The number of halogens is 1. The van der Waals surface area contributed by atoms with Gasteiger partial charge in [-0.2, -0.15) is 0 Å². The van der Waals surface area contributed by atoms with Crippen LogP contribution >= 0.6 is 11.6 Å². The second kappa shape index (κ2) is 5.29. The van der Waals surface area contributed by atoms with Gasteiger partial charge in [0.2, 0.25) is 5.91 Å². The van der Waals surface area contributed by atoms with Crippen LogP contribution in [-0.4, -0.2) is 11.3 Å². The van der Waals surface area contributed by atoms with Crippen LogP contribution in [0.15, 0.2) is 48.5 Å². The highest BCUT2D eigenvalue weighted by molar-refractivity contribution is 6.33. The van der Waals surface area contributed by atoms with E-state index in [1.165, 1.54) is 11.1 Å². The summed E-state index contributed by atoms with van der Waals surface area (Å²) in [5.41, 5.74) is 4.29. The Kier molecular flexibility index (Phi) is 3.49. The molecule has 0 radical (unpaired) electrons. The van der Waals surface area contributed by atoms with Crippen molar-refractivity contribution in [3.8, 4) is 0 Å². The molecule has 2 aromatic carbocycles. The summed E-state index contributed by atoms with van der Waals surface area (Å²) in [4.78, 5) is 14.3. The number of para-hydroxylation sites is 2. The van der Waals surface area contributed by atoms with Gasteiger partial charge in [0.1, 0.15) is 5.38 Å². The van der Waals surface area contributed by atoms with Gasteiger partial charge < -0.3 is 0 Å². The highest BCUT2D eigenvalue weighted by Gasteiger charge is 2.27. The van der Waals surface area contributed by atoms with E-state index in [4.69, 9.17) is 11.6 Å². The average Bonchev–Trinajstić information content (AvgIpc) is 2.63. The molecule has 3 heteroatoms. The maximum atomic E-state index is 12.6. The first-order chi connectivity index (χ1) is 9.68. The van der Waals surface area contributed by atoms with Crippen LogP contribution in [0.5, 0.6) is 0 Å². The van der Waals surface area contributed by atoms with E-state index in [9.17, 15) is 4.79 Å². The molecule has 0 N–H and O–H groups in total. The standard InChI is InChI=1S/C17H16ClNO/c1-12(18)17(20)19-15-8-4-2-6-13(15)10-11-14-7-3-5-9-16(14)19/h2-9,12H,10-11H2,1H3. The van der Waals surface area contributed by atoms with Crippen LogP contribution < -0.4 is 4.90 Å². The van der Waals surface area contributed by atoms with E-state index in [2.05, 4.69) is 12.1 Å². The van der Waals surface area contributed by atoms with Gasteiger partial charge >= 0.3 is 0 Å². The molecule has 2 aromatic rings. The van der Waals surface area contributed by atoms with Crippen LogP contribution in [0.1, 0.15) is 18.1 Å². The lowest BCUT2D eigenvalue weighted by Crippen LogP contribution is -2.32. The molecule has 1 atom stereocenters. The largest absolute Gasteiger partial charge is 0.279 e. The number of hydrogen-bond donors (Lipinski definition) is 0. The summed E-state index contributed by atoms with van der Waals surface area (Å²) in [5.74, 6) is -0.0755. The van der Waals surface area contributed by atoms with Gasteiger partial charge in [-0.25, -0.2) is 0 Å². The normalized spacial score (nSPS) is 15.0. The summed E-state index contributed by atoms with van der Waals surface area (Å²) >= 11 is 6.06. The lowest BCUT2D eigenvalue weighted by atomic mass is 10.0. The lowest BCUT2D eigenvalue weighted by Gasteiger charge is -2.26. The van der Waals surface area contributed by atoms with Gasteiger partial charge in [0.25, 0.3) is 0 Å². The van der Waals surface area contributed by atoms with E-state index in [0.717, 1.165) is 24.2 Å². The van der Waals surface area contributed by atoms with Crippen LogP contribution in [0.4, 0.5) is 11.4 Å². The zero-order valence-electron chi connectivity index (χ0n) is 11.3. The molecule has 1 aliphatic rings. The van der Waals surface area contributed by atoms with Crippen LogP contribution in [0.25, 0.3) is 0 Å². The summed E-state index contributed by atoms with van der Waals surface area (Å²) in [6.45, 7) is 1.72. The first-order valence-corrected chi connectivity index (χ1v) is 7.26. The van der Waals surface area contributed by atoms with E-state index in [0.29, 0.717) is 0 Å². The molecule has 0 aromatic heterocycles. The molecule has 20 heavy (non-hydrogen) atoms. The zero-order valence-corrected chi connectivity index (χ0v) is 12.1. The van der Waals surface area contributed by atoms with Gasteiger partial charge in [0, 0.05) is 0 Å². The summed E-state index contributed by atoms with van der Waals surface area (Å²) < 4.78 is 0. The second-order valence-electron chi connectivity index (χ2n) is 5.05. The Bertz CT molecular complexity index is 603. The second-order valence-corrected chi connectivity index (χ2v) is 5.70. The SMILES string of the molecule is CC(Cl)C(=O)N1c2ccccc2CCc2ccccc21. The van der Waals surface area contributed by atoms with Crippen molar-refractivity contribution in [3.05, 3.63) is 59.7 Å². The molecule has 2 nitrogen and oxygen atoms in total. The molecule has 1 unspecified atom stereocenters. The smallest absolute Gasteiger partial charge is 0.249 e. The van der Waals surface area contributed by atoms with Crippen molar-refractivity contribution in [1.82, 2.24) is 0 Å². The van der Waals surface area contributed by atoms with E-state index in [-0.39, 0.29) is 5.91 Å². The van der Waals surface area contributed by atoms with E-state index in [1.54, 1.807) is 11.8 Å². The number of benzene rings is 2. The van der Waals surface area contributed by atoms with Crippen LogP contribution in [-0.2, 0) is 17.6 Å². The van der Waals surface area contributed by atoms with E-state index < -0.39 is 5.38 Å². The lowest BCUT2D eigenvalue weighted by molar-refractivity contribution is -0.117. The molecule has 3 rings (SSSR count). The van der Waals surface area contributed by atoms with Crippen molar-refractivity contribution in [2.45, 2.75) is 25.1 Å². The Balaban J connectivity index is 2.21. The zero-order chi connectivity index (χ0) is 14.1. The highest BCUT2D eigenvalue weighted by atomic mass is 35.5. The predicted molar refractivity (Wildman–Crippen MR) is 82.8 cm³/mol. The van der Waals surface area contributed by atoms with Crippen molar-refractivity contribution >= 4 is 28.9 Å². The fraction of sp³-hybridized carbons (Fsp3) is 0.235. The van der Waals surface area contributed by atoms with Crippen molar-refractivity contribution in [2.75, 3.05) is 4.90 Å². The third-order valence-corrected chi connectivity index (χ3v) is 3.88. The Morgan fingerprint density at radius 2 is 1.45 bits per heavy atom. The molecule has 0 spiro atoms. The fourth-order valence-electron chi connectivity index (χ4n) is 2.70. The molecule has 0 aliphatic carbocycles. The number of alkyl halides is 1. The number of carbonyl (C=O) groups excluding carboxylic acids is 1. The molecule has 0 saturated carbocycles. The topological polar surface area (TPSA) is 20.3 Å². The minimum absolute atomic E-state index is 0.0755. The van der Waals surface area contributed by atoms with Crippen molar-refractivity contribution in [1.29, 1.82) is 0 Å². The van der Waals surface area contributed by atoms with E-state index >= 15 is 0 Å². The first kappa shape index (κ1) is 13.2. The van der Waals surface area contributed by atoms with Gasteiger partial charge in [-0.1, -0.05) is 36.4 Å². The van der Waals surface area contributed by atoms with Gasteiger partial charge in [-0.15, -0.1) is 11.6 Å². The number of nitrogens with zero attached hydrogens (tertiary/aromatic N) is 1. The molecule has 1 amide bonds. The van der Waals surface area contributed by atoms with Gasteiger partial charge in [-0.3, -0.25) is 9.69 Å². The predicted octanol–water partition coefficient (Wildman–Crippen LogP) is 4.08. The monoisotopic (exact) mass is 285 g/mol. The summed E-state index contributed by atoms with van der Waals surface area (Å²) in [7, 11) is 0. The fourth-order valence-corrected chi connectivity index (χ4v) is 2.79. The summed E-state index contributed by atoms with van der Waals surface area (Å²) in [5, 5.41) is -0.547. The molecule has 0 fully saturated rings. The number of amides is 1. The quantitative estimate of drug-likeness (QED) is 0.723. The van der Waals surface area contributed by atoms with Gasteiger partial charge in [-0.05, 0) is 43.0 Å². The first-order valence-electron chi connectivity index (χ1n) is 6.82. The third-order valence-electron chi connectivity index (χ3n) is 3.69. The Hall–Kier alpha value is -1.80. The Labute approximate surface area is 124 Å². The molecular formula is C17H16ClNO. The summed E-state index contributed by atoms with van der Waals surface area (Å²) in [6, 6.07) is 16.1. The Morgan fingerprint density at radius 3 is 1.90 bits per heavy atom. The minimum atomic E-state index is -0.547. The van der Waals surface area contributed by atoms with Crippen LogP contribution in [0.2, 0.25) is 0 Å². The molecule has 0 bridgehead atoms. The van der Waals surface area contributed by atoms with Gasteiger partial charge in [0.15, 0.2) is 0 Å². The summed E-state index contributed by atoms with van der Waals surface area (Å²) in [6.07, 6.45) is 1.88. The maximum absolute atomic E-state index is 12.6. The number of carbonyl (C=O) groups is 1. The number of fused-ring (bicyclic) bond motifs is 2. The minimum Gasteiger partial charge on any atom is -0.279 e. The molecule has 0 saturated heterocycles. The number of anilines is 2. The van der Waals surface area contributed by atoms with Crippen molar-refractivity contribution in [2.24, 2.45) is 0 Å². The van der Waals surface area contributed by atoms with Crippen LogP contribution in [0.3, 0.4) is 0 Å². The van der Waals surface area contributed by atoms with E-state index in [1.807, 2.05) is 36.4 Å². The van der Waals surface area contributed by atoms with Gasteiger partial charge in [0.05, 0.1) is 11.4 Å².